The topological polar surface area (TPSA) is 70.9 Å². The zero-order chi connectivity index (χ0) is 21.1. The number of hydrogen-bond acceptors (Lipinski definition) is 4. The number of benzene rings is 3. The third-order valence-electron chi connectivity index (χ3n) is 5.16. The first-order valence-electron chi connectivity index (χ1n) is 9.57. The van der Waals surface area contributed by atoms with Gasteiger partial charge >= 0.3 is 0 Å². The van der Waals surface area contributed by atoms with Gasteiger partial charge in [-0.25, -0.2) is 4.39 Å². The van der Waals surface area contributed by atoms with E-state index in [9.17, 15) is 14.3 Å². The monoisotopic (exact) mass is 404 g/mol. The molecule has 1 atom stereocenters. The highest BCUT2D eigenvalue weighted by Gasteiger charge is 2.18. The number of methoxy groups -OCH3 is 1. The average molecular weight is 404 g/mol. The summed E-state index contributed by atoms with van der Waals surface area (Å²) in [6.07, 6.45) is 1.77. The van der Waals surface area contributed by atoms with E-state index in [1.54, 1.807) is 37.6 Å². The third-order valence-corrected chi connectivity index (χ3v) is 5.16. The average Bonchev–Trinajstić information content (AvgIpc) is 3.25. The van der Waals surface area contributed by atoms with E-state index in [2.05, 4.69) is 10.3 Å². The van der Waals surface area contributed by atoms with Crippen LogP contribution in [0.1, 0.15) is 33.1 Å². The fourth-order valence-corrected chi connectivity index (χ4v) is 3.49. The van der Waals surface area contributed by atoms with Crippen molar-refractivity contribution in [1.82, 2.24) is 5.32 Å². The minimum atomic E-state index is -0.614. The Bertz CT molecular complexity index is 1130. The van der Waals surface area contributed by atoms with Gasteiger partial charge in [-0.05, 0) is 58.7 Å². The molecule has 3 aromatic rings. The number of ether oxygens (including phenoxy) is 1. The molecule has 0 spiro atoms. The lowest BCUT2D eigenvalue weighted by Crippen LogP contribution is -2.30. The molecule has 0 bridgehead atoms. The summed E-state index contributed by atoms with van der Waals surface area (Å²) in [6, 6.07) is 16.4. The Hall–Kier alpha value is -3.51. The van der Waals surface area contributed by atoms with Gasteiger partial charge in [0.1, 0.15) is 11.6 Å². The molecule has 30 heavy (non-hydrogen) atoms. The summed E-state index contributed by atoms with van der Waals surface area (Å²) in [7, 11) is 1.55. The molecule has 1 aliphatic rings. The Morgan fingerprint density at radius 1 is 1.20 bits per heavy atom. The molecular formula is C24H21FN2O3. The third kappa shape index (κ3) is 3.95. The van der Waals surface area contributed by atoms with E-state index in [4.69, 9.17) is 4.74 Å². The number of fused-ring (bicyclic) bond motifs is 1. The first-order chi connectivity index (χ1) is 14.6. The number of nitrogens with one attached hydrogen (secondary N) is 1. The number of rotatable bonds is 6. The Balaban J connectivity index is 1.60. The zero-order valence-corrected chi connectivity index (χ0v) is 16.4. The van der Waals surface area contributed by atoms with Crippen LogP contribution >= 0.6 is 0 Å². The second-order valence-corrected chi connectivity index (χ2v) is 7.06. The second kappa shape index (κ2) is 8.47. The highest BCUT2D eigenvalue weighted by Crippen LogP contribution is 2.28. The summed E-state index contributed by atoms with van der Waals surface area (Å²) in [5, 5.41) is 12.6. The Morgan fingerprint density at radius 2 is 2.07 bits per heavy atom. The molecular weight excluding hydrogens is 383 g/mol. The van der Waals surface area contributed by atoms with Crippen molar-refractivity contribution in [2.75, 3.05) is 13.7 Å². The molecule has 6 heteroatoms. The molecule has 0 fully saturated rings. The van der Waals surface area contributed by atoms with Crippen LogP contribution in [0.5, 0.6) is 5.75 Å². The molecule has 2 N–H and O–H groups in total. The Morgan fingerprint density at radius 3 is 2.87 bits per heavy atom. The minimum Gasteiger partial charge on any atom is -0.497 e. The number of nitrogens with zero attached hydrogens (tertiary/aromatic N) is 1. The predicted molar refractivity (Wildman–Crippen MR) is 113 cm³/mol. The van der Waals surface area contributed by atoms with Crippen molar-refractivity contribution in [2.24, 2.45) is 4.99 Å². The fourth-order valence-electron chi connectivity index (χ4n) is 3.49. The lowest BCUT2D eigenvalue weighted by atomic mass is 9.98. The van der Waals surface area contributed by atoms with Crippen molar-refractivity contribution in [3.8, 4) is 16.9 Å². The SMILES string of the molecule is COc1cccc(C(CO)NC(=O)c2ccc(F)c(-c3ccc4c(c3)C=NC4)c2)c1. The van der Waals surface area contributed by atoms with Crippen molar-refractivity contribution in [2.45, 2.75) is 12.6 Å². The predicted octanol–water partition coefficient (Wildman–Crippen LogP) is 3.90. The van der Waals surface area contributed by atoms with Crippen LogP contribution in [-0.4, -0.2) is 30.9 Å². The van der Waals surface area contributed by atoms with E-state index in [1.807, 2.05) is 18.2 Å². The fraction of sp³-hybridized carbons (Fsp3) is 0.167. The second-order valence-electron chi connectivity index (χ2n) is 7.06. The molecule has 4 rings (SSSR count). The van der Waals surface area contributed by atoms with Crippen LogP contribution < -0.4 is 10.1 Å². The molecule has 152 valence electrons. The number of amides is 1. The summed E-state index contributed by atoms with van der Waals surface area (Å²) in [5.74, 6) is -0.182. The summed E-state index contributed by atoms with van der Waals surface area (Å²) in [5.41, 5.74) is 4.10. The number of aliphatic imine (C=N–C) groups is 1. The maximum Gasteiger partial charge on any atom is 0.251 e. The van der Waals surface area contributed by atoms with Gasteiger partial charge < -0.3 is 15.2 Å². The molecule has 0 aliphatic carbocycles. The molecule has 1 unspecified atom stereocenters. The minimum absolute atomic E-state index is 0.281. The molecule has 1 amide bonds. The summed E-state index contributed by atoms with van der Waals surface area (Å²) in [4.78, 5) is 17.0. The van der Waals surface area contributed by atoms with E-state index < -0.39 is 17.8 Å². The van der Waals surface area contributed by atoms with E-state index in [0.29, 0.717) is 34.5 Å². The van der Waals surface area contributed by atoms with E-state index in [-0.39, 0.29) is 6.61 Å². The van der Waals surface area contributed by atoms with Gasteiger partial charge in [-0.3, -0.25) is 9.79 Å². The number of carbonyl (C=O) groups is 1. The van der Waals surface area contributed by atoms with Gasteiger partial charge in [0.05, 0.1) is 26.3 Å². The highest BCUT2D eigenvalue weighted by atomic mass is 19.1. The van der Waals surface area contributed by atoms with Gasteiger partial charge in [-0.15, -0.1) is 0 Å². The maximum absolute atomic E-state index is 14.5. The molecule has 0 saturated heterocycles. The van der Waals surface area contributed by atoms with Crippen molar-refractivity contribution in [1.29, 1.82) is 0 Å². The summed E-state index contributed by atoms with van der Waals surface area (Å²) < 4.78 is 19.7. The first-order valence-corrected chi connectivity index (χ1v) is 9.57. The van der Waals surface area contributed by atoms with Crippen LogP contribution in [0.4, 0.5) is 4.39 Å². The first kappa shape index (κ1) is 19.8. The number of aliphatic hydroxyl groups is 1. The van der Waals surface area contributed by atoms with Crippen molar-refractivity contribution < 1.29 is 19.0 Å². The van der Waals surface area contributed by atoms with Crippen LogP contribution in [0.2, 0.25) is 0 Å². The maximum atomic E-state index is 14.5. The molecule has 5 nitrogen and oxygen atoms in total. The van der Waals surface area contributed by atoms with Crippen LogP contribution in [0.15, 0.2) is 65.7 Å². The van der Waals surface area contributed by atoms with Crippen LogP contribution in [0.3, 0.4) is 0 Å². The molecule has 0 radical (unpaired) electrons. The van der Waals surface area contributed by atoms with E-state index >= 15 is 0 Å². The largest absolute Gasteiger partial charge is 0.497 e. The van der Waals surface area contributed by atoms with Gasteiger partial charge in [0.15, 0.2) is 0 Å². The quantitative estimate of drug-likeness (QED) is 0.655. The zero-order valence-electron chi connectivity index (χ0n) is 16.4. The van der Waals surface area contributed by atoms with E-state index in [1.165, 1.54) is 18.2 Å². The van der Waals surface area contributed by atoms with Crippen molar-refractivity contribution >= 4 is 12.1 Å². The van der Waals surface area contributed by atoms with Crippen LogP contribution in [-0.2, 0) is 6.54 Å². The lowest BCUT2D eigenvalue weighted by molar-refractivity contribution is 0.0916. The van der Waals surface area contributed by atoms with Gasteiger partial charge in [0, 0.05) is 17.3 Å². The van der Waals surface area contributed by atoms with Crippen molar-refractivity contribution in [3.05, 3.63) is 88.7 Å². The highest BCUT2D eigenvalue weighted by molar-refractivity contribution is 5.96. The van der Waals surface area contributed by atoms with E-state index in [0.717, 1.165) is 11.1 Å². The molecule has 0 saturated carbocycles. The van der Waals surface area contributed by atoms with Gasteiger partial charge in [0.2, 0.25) is 0 Å². The van der Waals surface area contributed by atoms with Crippen LogP contribution in [0, 0.1) is 5.82 Å². The lowest BCUT2D eigenvalue weighted by Gasteiger charge is -2.18. The summed E-state index contributed by atoms with van der Waals surface area (Å²) in [6.45, 7) is 0.352. The van der Waals surface area contributed by atoms with Gasteiger partial charge in [-0.1, -0.05) is 24.3 Å². The standard InChI is InChI=1S/C24H21FN2O3/c1-30-20-4-2-3-16(10-20)23(14-28)27-24(29)17-7-8-22(25)21(11-17)15-5-6-18-12-26-13-19(18)9-15/h2-11,13,23,28H,12,14H2,1H3,(H,27,29). The number of carbonyl (C=O) groups excluding carboxylic acids is 1. The Kier molecular flexibility index (Phi) is 5.59. The number of halogens is 1. The molecule has 0 aromatic heterocycles. The van der Waals surface area contributed by atoms with Gasteiger partial charge in [-0.2, -0.15) is 0 Å². The molecule has 3 aromatic carbocycles. The Labute approximate surface area is 173 Å². The number of aliphatic hydroxyl groups excluding tert-OH is 1. The molecule has 1 heterocycles. The van der Waals surface area contributed by atoms with Gasteiger partial charge in [0.25, 0.3) is 5.91 Å². The summed E-state index contributed by atoms with van der Waals surface area (Å²) >= 11 is 0. The van der Waals surface area contributed by atoms with Crippen molar-refractivity contribution in [3.63, 3.8) is 0 Å². The number of hydrogen-bond donors (Lipinski definition) is 2. The normalized spacial score (nSPS) is 13.0. The van der Waals surface area contributed by atoms with Crippen LogP contribution in [0.25, 0.3) is 11.1 Å². The smallest absolute Gasteiger partial charge is 0.251 e. The molecule has 1 aliphatic heterocycles.